The number of fused-ring (bicyclic) bond motifs is 1. The zero-order chi connectivity index (χ0) is 15.7. The number of carbonyl (C=O) groups excluding carboxylic acids is 1. The first-order valence-electron chi connectivity index (χ1n) is 7.13. The minimum atomic E-state index is -0.483. The molecule has 0 radical (unpaired) electrons. The summed E-state index contributed by atoms with van der Waals surface area (Å²) in [5.41, 5.74) is 10.5. The molecule has 0 unspecified atom stereocenters. The van der Waals surface area contributed by atoms with Crippen molar-refractivity contribution in [3.8, 4) is 0 Å². The van der Waals surface area contributed by atoms with Crippen molar-refractivity contribution in [1.29, 1.82) is 0 Å². The van der Waals surface area contributed by atoms with Crippen LogP contribution in [0.1, 0.15) is 27.2 Å². The molecule has 2 heterocycles. The largest absolute Gasteiger partial charge is 0.365 e. The lowest BCUT2D eigenvalue weighted by atomic mass is 10.1. The third-order valence-electron chi connectivity index (χ3n) is 3.91. The summed E-state index contributed by atoms with van der Waals surface area (Å²) in [7, 11) is 0. The highest BCUT2D eigenvalue weighted by Gasteiger charge is 2.09. The van der Waals surface area contributed by atoms with E-state index in [4.69, 9.17) is 5.73 Å². The van der Waals surface area contributed by atoms with Crippen LogP contribution in [0.15, 0.2) is 36.5 Å². The van der Waals surface area contributed by atoms with E-state index >= 15 is 0 Å². The van der Waals surface area contributed by atoms with Gasteiger partial charge in [0.05, 0.1) is 5.56 Å². The molecule has 0 fully saturated rings. The summed E-state index contributed by atoms with van der Waals surface area (Å²) in [6.45, 7) is 4.76. The number of amides is 1. The Morgan fingerprint density at radius 1 is 1.32 bits per heavy atom. The van der Waals surface area contributed by atoms with Gasteiger partial charge in [0, 0.05) is 29.3 Å². The van der Waals surface area contributed by atoms with Crippen molar-refractivity contribution in [1.82, 2.24) is 9.97 Å². The molecule has 1 amide bonds. The highest BCUT2D eigenvalue weighted by molar-refractivity contribution is 5.97. The maximum atomic E-state index is 11.4. The van der Waals surface area contributed by atoms with Gasteiger partial charge < -0.3 is 16.0 Å². The Balaban J connectivity index is 1.85. The summed E-state index contributed by atoms with van der Waals surface area (Å²) < 4.78 is 0. The number of aromatic nitrogens is 2. The van der Waals surface area contributed by atoms with Crippen LogP contribution in [-0.2, 0) is 6.54 Å². The van der Waals surface area contributed by atoms with Gasteiger partial charge in [-0.2, -0.15) is 0 Å². The minimum Gasteiger partial charge on any atom is -0.365 e. The monoisotopic (exact) mass is 294 g/mol. The fourth-order valence-electron chi connectivity index (χ4n) is 2.55. The first-order chi connectivity index (χ1) is 10.6. The van der Waals surface area contributed by atoms with Crippen molar-refractivity contribution in [3.05, 3.63) is 58.9 Å². The van der Waals surface area contributed by atoms with Gasteiger partial charge in [0.25, 0.3) is 5.91 Å². The van der Waals surface area contributed by atoms with Crippen LogP contribution in [0.25, 0.3) is 10.9 Å². The number of aryl methyl sites for hydroxylation is 2. The number of anilines is 1. The van der Waals surface area contributed by atoms with Gasteiger partial charge in [0.1, 0.15) is 5.82 Å². The number of rotatable bonds is 4. The number of aromatic amines is 1. The molecule has 5 nitrogen and oxygen atoms in total. The molecule has 0 aliphatic carbocycles. The number of nitrogens with two attached hydrogens (primary N) is 1. The molecule has 112 valence electrons. The number of hydrogen-bond acceptors (Lipinski definition) is 3. The molecule has 0 atom stereocenters. The molecule has 0 spiro atoms. The van der Waals surface area contributed by atoms with E-state index in [1.807, 2.05) is 0 Å². The van der Waals surface area contributed by atoms with Crippen LogP contribution >= 0.6 is 0 Å². The van der Waals surface area contributed by atoms with Gasteiger partial charge in [0.2, 0.25) is 0 Å². The lowest BCUT2D eigenvalue weighted by Gasteiger charge is -2.09. The Bertz CT molecular complexity index is 851. The third-order valence-corrected chi connectivity index (χ3v) is 3.91. The average molecular weight is 294 g/mol. The Morgan fingerprint density at radius 3 is 2.91 bits per heavy atom. The maximum absolute atomic E-state index is 11.4. The van der Waals surface area contributed by atoms with Crippen molar-refractivity contribution in [3.63, 3.8) is 0 Å². The molecule has 5 heteroatoms. The number of benzene rings is 1. The van der Waals surface area contributed by atoms with Gasteiger partial charge in [0.15, 0.2) is 0 Å². The summed E-state index contributed by atoms with van der Waals surface area (Å²) in [6, 6.07) is 9.63. The van der Waals surface area contributed by atoms with Crippen molar-refractivity contribution >= 4 is 22.6 Å². The Labute approximate surface area is 128 Å². The highest BCUT2D eigenvalue weighted by Crippen LogP contribution is 2.23. The molecule has 0 bridgehead atoms. The quantitative estimate of drug-likeness (QED) is 0.691. The number of hydrogen-bond donors (Lipinski definition) is 3. The first kappa shape index (κ1) is 14.1. The molecular weight excluding hydrogens is 276 g/mol. The number of primary amides is 1. The molecule has 0 saturated heterocycles. The van der Waals surface area contributed by atoms with E-state index in [2.05, 4.69) is 47.3 Å². The summed E-state index contributed by atoms with van der Waals surface area (Å²) >= 11 is 0. The van der Waals surface area contributed by atoms with Crippen molar-refractivity contribution in [2.75, 3.05) is 5.32 Å². The summed E-state index contributed by atoms with van der Waals surface area (Å²) in [6.07, 6.45) is 1.64. The van der Waals surface area contributed by atoms with Crippen molar-refractivity contribution in [2.45, 2.75) is 20.4 Å². The predicted molar refractivity (Wildman–Crippen MR) is 87.9 cm³/mol. The van der Waals surface area contributed by atoms with Gasteiger partial charge in [-0.1, -0.05) is 6.07 Å². The molecule has 0 aliphatic heterocycles. The molecule has 0 saturated carbocycles. The van der Waals surface area contributed by atoms with E-state index in [1.54, 1.807) is 18.3 Å². The summed E-state index contributed by atoms with van der Waals surface area (Å²) in [4.78, 5) is 18.9. The van der Waals surface area contributed by atoms with E-state index in [1.165, 1.54) is 16.6 Å². The summed E-state index contributed by atoms with van der Waals surface area (Å²) in [5, 5.41) is 4.40. The Kier molecular flexibility index (Phi) is 3.55. The van der Waals surface area contributed by atoms with Crippen LogP contribution in [0, 0.1) is 13.8 Å². The fourth-order valence-corrected chi connectivity index (χ4v) is 2.55. The van der Waals surface area contributed by atoms with E-state index < -0.39 is 5.91 Å². The van der Waals surface area contributed by atoms with Crippen LogP contribution in [0.3, 0.4) is 0 Å². The van der Waals surface area contributed by atoms with Crippen LogP contribution in [0.5, 0.6) is 0 Å². The van der Waals surface area contributed by atoms with Crippen molar-refractivity contribution in [2.24, 2.45) is 5.73 Å². The van der Waals surface area contributed by atoms with Crippen LogP contribution in [0.2, 0.25) is 0 Å². The van der Waals surface area contributed by atoms with Crippen LogP contribution in [0.4, 0.5) is 5.82 Å². The third kappa shape index (κ3) is 2.53. The number of carbonyl (C=O) groups is 1. The number of nitrogens with one attached hydrogen (secondary N) is 2. The van der Waals surface area contributed by atoms with Gasteiger partial charge in [-0.15, -0.1) is 0 Å². The van der Waals surface area contributed by atoms with E-state index in [-0.39, 0.29) is 0 Å². The molecule has 1 aromatic carbocycles. The lowest BCUT2D eigenvalue weighted by molar-refractivity contribution is 0.100. The number of nitrogens with zero attached hydrogens (tertiary/aromatic N) is 1. The van der Waals surface area contributed by atoms with Crippen LogP contribution < -0.4 is 11.1 Å². The smallest absolute Gasteiger partial charge is 0.252 e. The zero-order valence-electron chi connectivity index (χ0n) is 12.6. The van der Waals surface area contributed by atoms with E-state index in [0.29, 0.717) is 17.9 Å². The summed E-state index contributed by atoms with van der Waals surface area (Å²) in [5.74, 6) is 0.0280. The topological polar surface area (TPSA) is 83.8 Å². The van der Waals surface area contributed by atoms with Crippen LogP contribution in [-0.4, -0.2) is 15.9 Å². The molecule has 4 N–H and O–H groups in total. The molecule has 0 aliphatic rings. The average Bonchev–Trinajstić information content (AvgIpc) is 2.80. The highest BCUT2D eigenvalue weighted by atomic mass is 16.1. The zero-order valence-corrected chi connectivity index (χ0v) is 12.6. The molecule has 3 aromatic rings. The number of pyridine rings is 1. The molecule has 3 rings (SSSR count). The SMILES string of the molecule is Cc1[nH]c2ccc(CNc3ncccc3C(N)=O)cc2c1C. The Morgan fingerprint density at radius 2 is 2.14 bits per heavy atom. The fraction of sp³-hybridized carbons (Fsp3) is 0.176. The second kappa shape index (κ2) is 5.52. The molecule has 2 aromatic heterocycles. The number of H-pyrrole nitrogens is 1. The first-order valence-corrected chi connectivity index (χ1v) is 7.13. The van der Waals surface area contributed by atoms with Gasteiger partial charge in [-0.25, -0.2) is 4.98 Å². The van der Waals surface area contributed by atoms with Crippen molar-refractivity contribution < 1.29 is 4.79 Å². The lowest BCUT2D eigenvalue weighted by Crippen LogP contribution is -2.15. The van der Waals surface area contributed by atoms with E-state index in [0.717, 1.165) is 11.1 Å². The normalized spacial score (nSPS) is 10.8. The predicted octanol–water partition coefficient (Wildman–Crippen LogP) is 2.89. The second-order valence-electron chi connectivity index (χ2n) is 5.37. The van der Waals surface area contributed by atoms with Gasteiger partial charge in [-0.05, 0) is 49.2 Å². The second-order valence-corrected chi connectivity index (χ2v) is 5.37. The molecular formula is C17H18N4O. The van der Waals surface area contributed by atoms with Gasteiger partial charge in [-0.3, -0.25) is 4.79 Å². The minimum absolute atomic E-state index is 0.400. The molecule has 22 heavy (non-hydrogen) atoms. The Hall–Kier alpha value is -2.82. The van der Waals surface area contributed by atoms with Gasteiger partial charge >= 0.3 is 0 Å². The maximum Gasteiger partial charge on any atom is 0.252 e. The standard InChI is InChI=1S/C17H18N4O/c1-10-11(2)21-15-6-5-12(8-14(10)15)9-20-17-13(16(18)22)4-3-7-19-17/h3-8,21H,9H2,1-2H3,(H2,18,22)(H,19,20). The van der Waals surface area contributed by atoms with E-state index in [9.17, 15) is 4.79 Å².